The van der Waals surface area contributed by atoms with Gasteiger partial charge in [0.25, 0.3) is 0 Å². The van der Waals surface area contributed by atoms with Crippen LogP contribution in [0.2, 0.25) is 0 Å². The second kappa shape index (κ2) is 4.66. The number of fused-ring (bicyclic) bond motifs is 1. The minimum atomic E-state index is -0.945. The first-order chi connectivity index (χ1) is 8.92. The Bertz CT molecular complexity index is 627. The van der Waals surface area contributed by atoms with Gasteiger partial charge in [-0.3, -0.25) is 0 Å². The number of ether oxygens (including phenoxy) is 1. The lowest BCUT2D eigenvalue weighted by atomic mass is 10.0. The van der Waals surface area contributed by atoms with E-state index in [0.29, 0.717) is 5.52 Å². The molecule has 0 aliphatic heterocycles. The Morgan fingerprint density at radius 1 is 1.53 bits per heavy atom. The fourth-order valence-corrected chi connectivity index (χ4v) is 2.20. The Balaban J connectivity index is 2.65. The van der Waals surface area contributed by atoms with Crippen LogP contribution in [0.15, 0.2) is 18.2 Å². The molecule has 1 aromatic heterocycles. The van der Waals surface area contributed by atoms with Gasteiger partial charge in [-0.15, -0.1) is 0 Å². The zero-order chi connectivity index (χ0) is 14.2. The monoisotopic (exact) mass is 262 g/mol. The minimum Gasteiger partial charge on any atom is -0.478 e. The molecule has 1 atom stereocenters. The molecule has 2 aromatic rings. The lowest BCUT2D eigenvalue weighted by Gasteiger charge is -2.25. The molecular formula is C14H18N2O3. The normalized spacial score (nSPS) is 14.5. The van der Waals surface area contributed by atoms with Crippen molar-refractivity contribution in [3.63, 3.8) is 0 Å². The summed E-state index contributed by atoms with van der Waals surface area (Å²) >= 11 is 0. The molecule has 0 radical (unpaired) electrons. The van der Waals surface area contributed by atoms with E-state index in [1.807, 2.05) is 25.5 Å². The minimum absolute atomic E-state index is 0.243. The molecule has 0 saturated carbocycles. The number of nitrogens with zero attached hydrogens (tertiary/aromatic N) is 2. The van der Waals surface area contributed by atoms with Gasteiger partial charge in [-0.05, 0) is 31.5 Å². The van der Waals surface area contributed by atoms with Crippen molar-refractivity contribution in [3.05, 3.63) is 29.6 Å². The number of benzene rings is 1. The number of carboxylic acids is 1. The molecule has 0 fully saturated rings. The molecule has 1 N–H and O–H groups in total. The number of carboxylic acid groups (broad SMARTS) is 1. The number of hydrogen-bond donors (Lipinski definition) is 1. The maximum absolute atomic E-state index is 11.0. The van der Waals surface area contributed by atoms with Gasteiger partial charge in [0.15, 0.2) is 0 Å². The number of methoxy groups -OCH3 is 1. The summed E-state index contributed by atoms with van der Waals surface area (Å²) in [6.07, 6.45) is 0.784. The second-order valence-electron chi connectivity index (χ2n) is 4.79. The topological polar surface area (TPSA) is 64.3 Å². The van der Waals surface area contributed by atoms with E-state index in [0.717, 1.165) is 17.8 Å². The highest BCUT2D eigenvalue weighted by Gasteiger charge is 2.29. The predicted molar refractivity (Wildman–Crippen MR) is 72.3 cm³/mol. The van der Waals surface area contributed by atoms with Crippen molar-refractivity contribution in [1.82, 2.24) is 9.55 Å². The molecule has 1 unspecified atom stereocenters. The first kappa shape index (κ1) is 13.5. The van der Waals surface area contributed by atoms with Gasteiger partial charge < -0.3 is 14.4 Å². The van der Waals surface area contributed by atoms with Gasteiger partial charge in [0.05, 0.1) is 16.6 Å². The van der Waals surface area contributed by atoms with Crippen molar-refractivity contribution < 1.29 is 14.6 Å². The number of aryl methyl sites for hydroxylation is 1. The van der Waals surface area contributed by atoms with Gasteiger partial charge in [0, 0.05) is 14.2 Å². The van der Waals surface area contributed by atoms with Gasteiger partial charge in [-0.2, -0.15) is 0 Å². The lowest BCUT2D eigenvalue weighted by molar-refractivity contribution is -0.0107. The number of rotatable bonds is 4. The van der Waals surface area contributed by atoms with Crippen molar-refractivity contribution in [2.24, 2.45) is 7.05 Å². The number of carbonyl (C=O) groups is 1. The number of aromatic carboxylic acids is 1. The van der Waals surface area contributed by atoms with Gasteiger partial charge in [0.2, 0.25) is 0 Å². The van der Waals surface area contributed by atoms with E-state index < -0.39 is 11.6 Å². The van der Waals surface area contributed by atoms with E-state index in [1.165, 1.54) is 0 Å². The number of hydrogen-bond acceptors (Lipinski definition) is 3. The molecule has 5 heteroatoms. The van der Waals surface area contributed by atoms with E-state index in [9.17, 15) is 4.79 Å². The van der Waals surface area contributed by atoms with Crippen LogP contribution in [0.5, 0.6) is 0 Å². The largest absolute Gasteiger partial charge is 0.478 e. The molecule has 0 amide bonds. The van der Waals surface area contributed by atoms with Crippen LogP contribution in [-0.2, 0) is 17.4 Å². The standard InChI is InChI=1S/C14H18N2O3/c1-5-14(2,19-4)13-15-10-8-9(12(17)18)6-7-11(10)16(13)3/h6-8H,5H2,1-4H3,(H,17,18). The molecule has 2 rings (SSSR count). The Kier molecular flexibility index (Phi) is 3.32. The summed E-state index contributed by atoms with van der Waals surface area (Å²) in [6.45, 7) is 4.01. The molecule has 0 bridgehead atoms. The average molecular weight is 262 g/mol. The van der Waals surface area contributed by atoms with Crippen molar-refractivity contribution >= 4 is 17.0 Å². The molecule has 102 valence electrons. The predicted octanol–water partition coefficient (Wildman–Crippen LogP) is 2.54. The zero-order valence-electron chi connectivity index (χ0n) is 11.6. The van der Waals surface area contributed by atoms with Crippen LogP contribution in [0.4, 0.5) is 0 Å². The lowest BCUT2D eigenvalue weighted by Crippen LogP contribution is -2.27. The van der Waals surface area contributed by atoms with Crippen LogP contribution in [-0.4, -0.2) is 27.7 Å². The zero-order valence-corrected chi connectivity index (χ0v) is 11.6. The third-order valence-corrected chi connectivity index (χ3v) is 3.73. The smallest absolute Gasteiger partial charge is 0.335 e. The first-order valence-corrected chi connectivity index (χ1v) is 6.18. The molecule has 0 aliphatic carbocycles. The van der Waals surface area contributed by atoms with Crippen LogP contribution in [0.25, 0.3) is 11.0 Å². The van der Waals surface area contributed by atoms with Gasteiger partial charge >= 0.3 is 5.97 Å². The fourth-order valence-electron chi connectivity index (χ4n) is 2.20. The van der Waals surface area contributed by atoms with Crippen LogP contribution in [0.3, 0.4) is 0 Å². The Hall–Kier alpha value is -1.88. The maximum Gasteiger partial charge on any atom is 0.335 e. The molecule has 5 nitrogen and oxygen atoms in total. The molecular weight excluding hydrogens is 244 g/mol. The highest BCUT2D eigenvalue weighted by Crippen LogP contribution is 2.30. The summed E-state index contributed by atoms with van der Waals surface area (Å²) in [6, 6.07) is 4.96. The maximum atomic E-state index is 11.0. The van der Waals surface area contributed by atoms with Crippen LogP contribution >= 0.6 is 0 Å². The van der Waals surface area contributed by atoms with Gasteiger partial charge in [-0.25, -0.2) is 9.78 Å². The fraction of sp³-hybridized carbons (Fsp3) is 0.429. The van der Waals surface area contributed by atoms with Crippen LogP contribution in [0, 0.1) is 0 Å². The Morgan fingerprint density at radius 3 is 2.74 bits per heavy atom. The van der Waals surface area contributed by atoms with E-state index in [-0.39, 0.29) is 5.56 Å². The molecule has 0 aliphatic rings. The Morgan fingerprint density at radius 2 is 2.21 bits per heavy atom. The summed E-state index contributed by atoms with van der Waals surface area (Å²) in [7, 11) is 3.57. The third kappa shape index (κ3) is 2.10. The summed E-state index contributed by atoms with van der Waals surface area (Å²) in [5, 5.41) is 9.01. The molecule has 0 spiro atoms. The van der Waals surface area contributed by atoms with Gasteiger partial charge in [-0.1, -0.05) is 6.92 Å². The van der Waals surface area contributed by atoms with Crippen molar-refractivity contribution in [2.45, 2.75) is 25.9 Å². The SMILES string of the molecule is CCC(C)(OC)c1nc2cc(C(=O)O)ccc2n1C. The number of aromatic nitrogens is 2. The highest BCUT2D eigenvalue weighted by molar-refractivity contribution is 5.92. The quantitative estimate of drug-likeness (QED) is 0.919. The second-order valence-corrected chi connectivity index (χ2v) is 4.79. The summed E-state index contributed by atoms with van der Waals surface area (Å²) in [5.74, 6) is -0.144. The highest BCUT2D eigenvalue weighted by atomic mass is 16.5. The van der Waals surface area contributed by atoms with Crippen molar-refractivity contribution in [3.8, 4) is 0 Å². The summed E-state index contributed by atoms with van der Waals surface area (Å²) in [5.41, 5.74) is 1.34. The van der Waals surface area contributed by atoms with E-state index in [4.69, 9.17) is 9.84 Å². The van der Waals surface area contributed by atoms with Gasteiger partial charge in [0.1, 0.15) is 11.4 Å². The number of imidazole rings is 1. The summed E-state index contributed by atoms with van der Waals surface area (Å²) in [4.78, 5) is 15.5. The molecule has 0 saturated heterocycles. The summed E-state index contributed by atoms with van der Waals surface area (Å²) < 4.78 is 7.51. The van der Waals surface area contributed by atoms with E-state index in [2.05, 4.69) is 4.98 Å². The van der Waals surface area contributed by atoms with E-state index >= 15 is 0 Å². The van der Waals surface area contributed by atoms with E-state index in [1.54, 1.807) is 25.3 Å². The van der Waals surface area contributed by atoms with Crippen LogP contribution < -0.4 is 0 Å². The van der Waals surface area contributed by atoms with Crippen molar-refractivity contribution in [1.29, 1.82) is 0 Å². The van der Waals surface area contributed by atoms with Crippen molar-refractivity contribution in [2.75, 3.05) is 7.11 Å². The average Bonchev–Trinajstić information content (AvgIpc) is 2.75. The molecule has 1 aromatic carbocycles. The molecule has 19 heavy (non-hydrogen) atoms. The first-order valence-electron chi connectivity index (χ1n) is 6.18. The third-order valence-electron chi connectivity index (χ3n) is 3.73. The Labute approximate surface area is 111 Å². The molecule has 1 heterocycles. The van der Waals surface area contributed by atoms with Crippen LogP contribution in [0.1, 0.15) is 36.5 Å².